The molecule has 0 aromatic heterocycles. The van der Waals surface area contributed by atoms with E-state index in [0.29, 0.717) is 17.0 Å². The lowest BCUT2D eigenvalue weighted by Gasteiger charge is -2.22. The van der Waals surface area contributed by atoms with E-state index in [1.165, 1.54) is 5.01 Å². The summed E-state index contributed by atoms with van der Waals surface area (Å²) < 4.78 is 6.48. The summed E-state index contributed by atoms with van der Waals surface area (Å²) in [5, 5.41) is 6.66. The van der Waals surface area contributed by atoms with Crippen molar-refractivity contribution < 1.29 is 9.53 Å². The van der Waals surface area contributed by atoms with Gasteiger partial charge in [0.1, 0.15) is 5.75 Å². The summed E-state index contributed by atoms with van der Waals surface area (Å²) in [5.74, 6) is 0.501. The smallest absolute Gasteiger partial charge is 0.276 e. The number of carbonyl (C=O) groups is 1. The van der Waals surface area contributed by atoms with Crippen molar-refractivity contribution in [3.63, 3.8) is 0 Å². The van der Waals surface area contributed by atoms with Gasteiger partial charge in [0, 0.05) is 16.5 Å². The van der Waals surface area contributed by atoms with Gasteiger partial charge < -0.3 is 4.74 Å². The standard InChI is InChI=1S/C23H18BrClN2O2/c1-29-22-9-5-3-7-18(22)20-14-21(15-10-12-16(24)13-11-15)27(26-20)23(28)17-6-2-4-8-19(17)25/h2-13,21H,14H2,1H3. The SMILES string of the molecule is COc1ccccc1C1=NN(C(=O)c2ccccc2Cl)C(c2ccc(Br)cc2)C1. The van der Waals surface area contributed by atoms with E-state index in [1.807, 2.05) is 48.5 Å². The Hall–Kier alpha value is -2.63. The highest BCUT2D eigenvalue weighted by Gasteiger charge is 2.35. The van der Waals surface area contributed by atoms with Crippen LogP contribution < -0.4 is 4.74 Å². The zero-order valence-corrected chi connectivity index (χ0v) is 18.0. The molecule has 3 aromatic rings. The van der Waals surface area contributed by atoms with Gasteiger partial charge in [-0.05, 0) is 42.0 Å². The number of halogens is 2. The molecule has 1 amide bonds. The highest BCUT2D eigenvalue weighted by Crippen LogP contribution is 2.37. The van der Waals surface area contributed by atoms with Crippen molar-refractivity contribution in [2.24, 2.45) is 5.10 Å². The van der Waals surface area contributed by atoms with E-state index in [-0.39, 0.29) is 11.9 Å². The molecule has 0 N–H and O–H groups in total. The molecule has 1 aliphatic heterocycles. The molecule has 1 aliphatic rings. The molecular weight excluding hydrogens is 452 g/mol. The fraction of sp³-hybridized carbons (Fsp3) is 0.130. The second kappa shape index (κ2) is 8.39. The predicted molar refractivity (Wildman–Crippen MR) is 119 cm³/mol. The Morgan fingerprint density at radius 2 is 1.76 bits per heavy atom. The number of hydrazone groups is 1. The first-order chi connectivity index (χ1) is 14.1. The van der Waals surface area contributed by atoms with Crippen LogP contribution in [0.15, 0.2) is 82.4 Å². The number of hydrogen-bond donors (Lipinski definition) is 0. The Bertz CT molecular complexity index is 1080. The lowest BCUT2D eigenvalue weighted by atomic mass is 9.97. The van der Waals surface area contributed by atoms with Gasteiger partial charge in [0.05, 0.1) is 29.4 Å². The van der Waals surface area contributed by atoms with Crippen molar-refractivity contribution in [3.05, 3.63) is 99.0 Å². The zero-order valence-electron chi connectivity index (χ0n) is 15.7. The maximum absolute atomic E-state index is 13.3. The average molecular weight is 470 g/mol. The predicted octanol–water partition coefficient (Wildman–Crippen LogP) is 6.10. The van der Waals surface area contributed by atoms with Gasteiger partial charge >= 0.3 is 0 Å². The summed E-state index contributed by atoms with van der Waals surface area (Å²) in [6.07, 6.45) is 0.582. The fourth-order valence-corrected chi connectivity index (χ4v) is 3.93. The Morgan fingerprint density at radius 1 is 1.07 bits per heavy atom. The van der Waals surface area contributed by atoms with Gasteiger partial charge in [0.25, 0.3) is 5.91 Å². The van der Waals surface area contributed by atoms with Gasteiger partial charge in [-0.1, -0.05) is 63.9 Å². The van der Waals surface area contributed by atoms with Crippen LogP contribution in [0.25, 0.3) is 0 Å². The molecule has 1 atom stereocenters. The molecule has 6 heteroatoms. The Kier molecular flexibility index (Phi) is 5.69. The summed E-state index contributed by atoms with van der Waals surface area (Å²) >= 11 is 9.76. The van der Waals surface area contributed by atoms with Crippen LogP contribution in [0.2, 0.25) is 5.02 Å². The number of para-hydroxylation sites is 1. The van der Waals surface area contributed by atoms with E-state index in [0.717, 1.165) is 27.1 Å². The largest absolute Gasteiger partial charge is 0.496 e. The van der Waals surface area contributed by atoms with Crippen LogP contribution in [0.5, 0.6) is 5.75 Å². The van der Waals surface area contributed by atoms with E-state index in [9.17, 15) is 4.79 Å². The molecule has 1 unspecified atom stereocenters. The normalized spacial score (nSPS) is 15.9. The van der Waals surface area contributed by atoms with Crippen LogP contribution in [-0.2, 0) is 0 Å². The molecule has 29 heavy (non-hydrogen) atoms. The van der Waals surface area contributed by atoms with E-state index in [1.54, 1.807) is 31.4 Å². The Morgan fingerprint density at radius 3 is 2.48 bits per heavy atom. The highest BCUT2D eigenvalue weighted by atomic mass is 79.9. The molecule has 0 saturated carbocycles. The molecule has 0 spiro atoms. The van der Waals surface area contributed by atoms with Gasteiger partial charge in [0.15, 0.2) is 0 Å². The fourth-order valence-electron chi connectivity index (χ4n) is 3.45. The second-order valence-corrected chi connectivity index (χ2v) is 7.97. The number of amides is 1. The van der Waals surface area contributed by atoms with Crippen molar-refractivity contribution in [1.29, 1.82) is 0 Å². The van der Waals surface area contributed by atoms with Crippen molar-refractivity contribution in [2.75, 3.05) is 7.11 Å². The molecule has 1 heterocycles. The summed E-state index contributed by atoms with van der Waals surface area (Å²) in [6.45, 7) is 0. The van der Waals surface area contributed by atoms with Crippen LogP contribution in [-0.4, -0.2) is 23.7 Å². The number of nitrogens with zero attached hydrogens (tertiary/aromatic N) is 2. The van der Waals surface area contributed by atoms with Crippen LogP contribution in [0.1, 0.15) is 33.9 Å². The third-order valence-corrected chi connectivity index (χ3v) is 5.75. The highest BCUT2D eigenvalue weighted by molar-refractivity contribution is 9.10. The topological polar surface area (TPSA) is 41.9 Å². The van der Waals surface area contributed by atoms with Gasteiger partial charge in [0.2, 0.25) is 0 Å². The summed E-state index contributed by atoms with van der Waals surface area (Å²) in [7, 11) is 1.63. The molecule has 0 radical (unpaired) electrons. The summed E-state index contributed by atoms with van der Waals surface area (Å²) in [5.41, 5.74) is 3.12. The number of hydrogen-bond acceptors (Lipinski definition) is 3. The summed E-state index contributed by atoms with van der Waals surface area (Å²) in [6, 6.07) is 22.5. The first-order valence-corrected chi connectivity index (χ1v) is 10.3. The first kappa shape index (κ1) is 19.7. The molecule has 4 rings (SSSR count). The number of rotatable bonds is 4. The Balaban J connectivity index is 1.78. The van der Waals surface area contributed by atoms with Crippen LogP contribution in [0.4, 0.5) is 0 Å². The van der Waals surface area contributed by atoms with Crippen molar-refractivity contribution in [2.45, 2.75) is 12.5 Å². The average Bonchev–Trinajstić information content (AvgIpc) is 3.19. The molecule has 0 bridgehead atoms. The van der Waals surface area contributed by atoms with Gasteiger partial charge in [-0.15, -0.1) is 0 Å². The molecule has 3 aromatic carbocycles. The lowest BCUT2D eigenvalue weighted by Crippen LogP contribution is -2.27. The maximum Gasteiger partial charge on any atom is 0.276 e. The van der Waals surface area contributed by atoms with E-state index in [4.69, 9.17) is 21.4 Å². The minimum absolute atomic E-state index is 0.228. The quantitative estimate of drug-likeness (QED) is 0.463. The number of carbonyl (C=O) groups excluding carboxylic acids is 1. The van der Waals surface area contributed by atoms with Gasteiger partial charge in [-0.2, -0.15) is 5.10 Å². The van der Waals surface area contributed by atoms with Gasteiger partial charge in [-0.3, -0.25) is 4.79 Å². The third kappa shape index (κ3) is 3.93. The van der Waals surface area contributed by atoms with E-state index < -0.39 is 0 Å². The van der Waals surface area contributed by atoms with Crippen molar-refractivity contribution in [3.8, 4) is 5.75 Å². The first-order valence-electron chi connectivity index (χ1n) is 9.13. The number of benzene rings is 3. The number of methoxy groups -OCH3 is 1. The monoisotopic (exact) mass is 468 g/mol. The Labute approximate surface area is 182 Å². The van der Waals surface area contributed by atoms with E-state index >= 15 is 0 Å². The van der Waals surface area contributed by atoms with Crippen LogP contribution in [0, 0.1) is 0 Å². The zero-order chi connectivity index (χ0) is 20.4. The van der Waals surface area contributed by atoms with Crippen LogP contribution in [0.3, 0.4) is 0 Å². The molecule has 0 saturated heterocycles. The van der Waals surface area contributed by atoms with Crippen molar-refractivity contribution >= 4 is 39.1 Å². The third-order valence-electron chi connectivity index (χ3n) is 4.90. The second-order valence-electron chi connectivity index (χ2n) is 6.65. The molecule has 146 valence electrons. The van der Waals surface area contributed by atoms with Crippen LogP contribution >= 0.6 is 27.5 Å². The number of ether oxygens (including phenoxy) is 1. The minimum atomic E-state index is -0.230. The lowest BCUT2D eigenvalue weighted by molar-refractivity contribution is 0.0711. The molecular formula is C23H18BrClN2O2. The molecule has 4 nitrogen and oxygen atoms in total. The summed E-state index contributed by atoms with van der Waals surface area (Å²) in [4.78, 5) is 13.3. The van der Waals surface area contributed by atoms with E-state index in [2.05, 4.69) is 15.9 Å². The minimum Gasteiger partial charge on any atom is -0.496 e. The molecule has 0 aliphatic carbocycles. The van der Waals surface area contributed by atoms with Gasteiger partial charge in [-0.25, -0.2) is 5.01 Å². The molecule has 0 fully saturated rings. The van der Waals surface area contributed by atoms with Crippen molar-refractivity contribution in [1.82, 2.24) is 5.01 Å². The maximum atomic E-state index is 13.3.